The largest absolute Gasteiger partial charge is 0.369 e. The van der Waals surface area contributed by atoms with Gasteiger partial charge in [-0.05, 0) is 33.1 Å². The number of ether oxygens (including phenoxy) is 1. The second-order valence-electron chi connectivity index (χ2n) is 3.84. The summed E-state index contributed by atoms with van der Waals surface area (Å²) in [7, 11) is 0. The van der Waals surface area contributed by atoms with Crippen molar-refractivity contribution in [3.63, 3.8) is 0 Å². The lowest BCUT2D eigenvalue weighted by molar-refractivity contribution is -0.127. The Kier molecular flexibility index (Phi) is 9.70. The smallest absolute Gasteiger partial charge is 0.246 e. The Hall–Kier alpha value is -1.10. The van der Waals surface area contributed by atoms with E-state index in [1.54, 1.807) is 0 Å². The molecule has 5 heteroatoms. The van der Waals surface area contributed by atoms with Gasteiger partial charge in [-0.1, -0.05) is 0 Å². The lowest BCUT2D eigenvalue weighted by atomic mass is 10.2. The van der Waals surface area contributed by atoms with E-state index in [2.05, 4.69) is 10.6 Å². The summed E-state index contributed by atoms with van der Waals surface area (Å²) in [4.78, 5) is 21.1. The first kappa shape index (κ1) is 14.9. The number of carbonyl (C=O) groups excluding carboxylic acids is 2. The molecule has 0 heterocycles. The van der Waals surface area contributed by atoms with Crippen LogP contribution in [0.25, 0.3) is 0 Å². The van der Waals surface area contributed by atoms with Gasteiger partial charge < -0.3 is 15.4 Å². The van der Waals surface area contributed by atoms with Gasteiger partial charge in [0.25, 0.3) is 0 Å². The monoisotopic (exact) mass is 230 g/mol. The van der Waals surface area contributed by atoms with Gasteiger partial charge in [0.2, 0.25) is 12.3 Å². The molecule has 0 unspecified atom stereocenters. The third-order valence-electron chi connectivity index (χ3n) is 1.95. The van der Waals surface area contributed by atoms with Crippen LogP contribution in [0.3, 0.4) is 0 Å². The minimum absolute atomic E-state index is 0.0697. The molecule has 0 aliphatic heterocycles. The van der Waals surface area contributed by atoms with Crippen molar-refractivity contribution in [2.24, 2.45) is 0 Å². The molecule has 0 aromatic carbocycles. The van der Waals surface area contributed by atoms with Crippen LogP contribution in [0.4, 0.5) is 0 Å². The van der Waals surface area contributed by atoms with Crippen molar-refractivity contribution >= 4 is 12.3 Å². The van der Waals surface area contributed by atoms with Crippen LogP contribution in [-0.4, -0.2) is 38.1 Å². The molecule has 94 valence electrons. The van der Waals surface area contributed by atoms with Gasteiger partial charge in [-0.3, -0.25) is 9.59 Å². The normalized spacial score (nSPS) is 10.2. The van der Waals surface area contributed by atoms with Crippen LogP contribution in [0.15, 0.2) is 0 Å². The van der Waals surface area contributed by atoms with E-state index in [0.717, 1.165) is 19.3 Å². The topological polar surface area (TPSA) is 67.4 Å². The number of nitrogens with one attached hydrogen (secondary N) is 2. The first-order valence-corrected chi connectivity index (χ1v) is 5.72. The lowest BCUT2D eigenvalue weighted by Crippen LogP contribution is -2.29. The molecule has 0 radical (unpaired) electrons. The molecule has 0 aromatic rings. The van der Waals surface area contributed by atoms with Gasteiger partial charge in [-0.15, -0.1) is 0 Å². The summed E-state index contributed by atoms with van der Waals surface area (Å²) in [6, 6.07) is 0. The maximum atomic E-state index is 11.2. The lowest BCUT2D eigenvalue weighted by Gasteiger charge is -2.08. The van der Waals surface area contributed by atoms with Gasteiger partial charge in [0, 0.05) is 13.1 Å². The maximum absolute atomic E-state index is 11.2. The molecule has 0 aliphatic carbocycles. The quantitative estimate of drug-likeness (QED) is 0.423. The van der Waals surface area contributed by atoms with Crippen molar-refractivity contribution in [1.82, 2.24) is 10.6 Å². The average Bonchev–Trinajstić information content (AvgIpc) is 2.25. The zero-order valence-electron chi connectivity index (χ0n) is 10.1. The highest BCUT2D eigenvalue weighted by molar-refractivity contribution is 5.77. The molecular formula is C11H22N2O3. The van der Waals surface area contributed by atoms with E-state index in [4.69, 9.17) is 4.74 Å². The van der Waals surface area contributed by atoms with E-state index in [0.29, 0.717) is 19.5 Å². The minimum Gasteiger partial charge on any atom is -0.369 e. The summed E-state index contributed by atoms with van der Waals surface area (Å²) in [5.41, 5.74) is 0. The van der Waals surface area contributed by atoms with Gasteiger partial charge >= 0.3 is 0 Å². The first-order valence-electron chi connectivity index (χ1n) is 5.72. The molecule has 5 nitrogen and oxygen atoms in total. The molecule has 2 amide bonds. The highest BCUT2D eigenvalue weighted by atomic mass is 16.5. The molecule has 0 aromatic heterocycles. The molecule has 0 bridgehead atoms. The Morgan fingerprint density at radius 3 is 2.56 bits per heavy atom. The van der Waals surface area contributed by atoms with E-state index >= 15 is 0 Å². The van der Waals surface area contributed by atoms with Crippen LogP contribution in [0, 0.1) is 0 Å². The summed E-state index contributed by atoms with van der Waals surface area (Å²) in [5, 5.41) is 5.37. The molecule has 0 atom stereocenters. The first-order chi connectivity index (χ1) is 7.66. The summed E-state index contributed by atoms with van der Waals surface area (Å²) >= 11 is 0. The highest BCUT2D eigenvalue weighted by Crippen LogP contribution is 1.92. The van der Waals surface area contributed by atoms with Crippen molar-refractivity contribution < 1.29 is 14.3 Å². The van der Waals surface area contributed by atoms with Crippen LogP contribution in [0.5, 0.6) is 0 Å². The van der Waals surface area contributed by atoms with Gasteiger partial charge in [-0.2, -0.15) is 0 Å². The van der Waals surface area contributed by atoms with Gasteiger partial charge in [0.15, 0.2) is 0 Å². The summed E-state index contributed by atoms with van der Waals surface area (Å²) in [6.45, 7) is 5.29. The van der Waals surface area contributed by atoms with E-state index in [1.165, 1.54) is 0 Å². The number of hydrogen-bond acceptors (Lipinski definition) is 3. The Morgan fingerprint density at radius 1 is 1.25 bits per heavy atom. The zero-order chi connectivity index (χ0) is 12.2. The number of carbonyl (C=O) groups is 2. The van der Waals surface area contributed by atoms with Crippen LogP contribution in [-0.2, 0) is 14.3 Å². The van der Waals surface area contributed by atoms with Crippen molar-refractivity contribution in [3.05, 3.63) is 0 Å². The van der Waals surface area contributed by atoms with Crippen LogP contribution in [0.2, 0.25) is 0 Å². The molecular weight excluding hydrogens is 208 g/mol. The van der Waals surface area contributed by atoms with Crippen LogP contribution < -0.4 is 10.6 Å². The Morgan fingerprint density at radius 2 is 1.94 bits per heavy atom. The SMILES string of the molecule is CC(C)OCC(=O)NCCCCCNC=O. The van der Waals surface area contributed by atoms with E-state index in [9.17, 15) is 9.59 Å². The Bertz CT molecular complexity index is 196. The minimum atomic E-state index is -0.0697. The van der Waals surface area contributed by atoms with Crippen molar-refractivity contribution in [2.75, 3.05) is 19.7 Å². The average molecular weight is 230 g/mol. The molecule has 0 fully saturated rings. The molecule has 0 aliphatic rings. The number of unbranched alkanes of at least 4 members (excludes halogenated alkanes) is 2. The summed E-state index contributed by atoms with van der Waals surface area (Å²) in [5.74, 6) is -0.0697. The fraction of sp³-hybridized carbons (Fsp3) is 0.818. The third-order valence-corrected chi connectivity index (χ3v) is 1.95. The number of rotatable bonds is 10. The standard InChI is InChI=1S/C11H22N2O3/c1-10(2)16-8-11(15)13-7-5-3-4-6-12-9-14/h9-10H,3-8H2,1-2H3,(H,12,14)(H,13,15). The fourth-order valence-electron chi connectivity index (χ4n) is 1.11. The van der Waals surface area contributed by atoms with Crippen molar-refractivity contribution in [1.29, 1.82) is 0 Å². The second kappa shape index (κ2) is 10.4. The van der Waals surface area contributed by atoms with Gasteiger partial charge in [0.05, 0.1) is 6.10 Å². The zero-order valence-corrected chi connectivity index (χ0v) is 10.1. The predicted octanol–water partition coefficient (Wildman–Crippen LogP) is 0.444. The Labute approximate surface area is 96.9 Å². The highest BCUT2D eigenvalue weighted by Gasteiger charge is 2.01. The summed E-state index contributed by atoms with van der Waals surface area (Å²) < 4.78 is 5.15. The van der Waals surface area contributed by atoms with E-state index < -0.39 is 0 Å². The molecule has 0 saturated carbocycles. The van der Waals surface area contributed by atoms with Crippen molar-refractivity contribution in [3.8, 4) is 0 Å². The molecule has 0 rings (SSSR count). The van der Waals surface area contributed by atoms with Crippen LogP contribution >= 0.6 is 0 Å². The van der Waals surface area contributed by atoms with Crippen molar-refractivity contribution in [2.45, 2.75) is 39.2 Å². The number of hydrogen-bond donors (Lipinski definition) is 2. The molecule has 2 N–H and O–H groups in total. The second-order valence-corrected chi connectivity index (χ2v) is 3.84. The molecule has 0 saturated heterocycles. The maximum Gasteiger partial charge on any atom is 0.246 e. The summed E-state index contributed by atoms with van der Waals surface area (Å²) in [6.07, 6.45) is 3.64. The van der Waals surface area contributed by atoms with Crippen LogP contribution in [0.1, 0.15) is 33.1 Å². The Balaban J connectivity index is 3.18. The van der Waals surface area contributed by atoms with E-state index in [-0.39, 0.29) is 18.6 Å². The molecule has 16 heavy (non-hydrogen) atoms. The third kappa shape index (κ3) is 11.0. The molecule has 0 spiro atoms. The van der Waals surface area contributed by atoms with Gasteiger partial charge in [0.1, 0.15) is 6.61 Å². The predicted molar refractivity (Wildman–Crippen MR) is 62.0 cm³/mol. The van der Waals surface area contributed by atoms with Gasteiger partial charge in [-0.25, -0.2) is 0 Å². The fourth-order valence-corrected chi connectivity index (χ4v) is 1.11. The number of amides is 2. The van der Waals surface area contributed by atoms with E-state index in [1.807, 2.05) is 13.8 Å².